The van der Waals surface area contributed by atoms with Crippen LogP contribution in [0.25, 0.3) is 5.69 Å². The number of benzene rings is 3. The van der Waals surface area contributed by atoms with Crippen LogP contribution >= 0.6 is 23.4 Å². The number of thioether (sulfide) groups is 1. The number of ether oxygens (including phenoxy) is 1. The Kier molecular flexibility index (Phi) is 7.72. The number of para-hydroxylation sites is 2. The number of carbonyl (C=O) groups excluding carboxylic acids is 2. The number of nitrogens with one attached hydrogen (secondary N) is 1. The summed E-state index contributed by atoms with van der Waals surface area (Å²) >= 11 is 7.20. The lowest BCUT2D eigenvalue weighted by atomic mass is 10.2. The van der Waals surface area contributed by atoms with Crippen molar-refractivity contribution in [1.82, 2.24) is 20.1 Å². The molecule has 1 N–H and O–H groups in total. The van der Waals surface area contributed by atoms with E-state index in [0.29, 0.717) is 28.3 Å². The van der Waals surface area contributed by atoms with Gasteiger partial charge in [0, 0.05) is 22.9 Å². The van der Waals surface area contributed by atoms with Crippen molar-refractivity contribution in [3.05, 3.63) is 95.3 Å². The number of anilines is 1. The summed E-state index contributed by atoms with van der Waals surface area (Å²) in [5, 5.41) is 12.6. The van der Waals surface area contributed by atoms with Gasteiger partial charge in [0.05, 0.1) is 12.3 Å². The molecule has 37 heavy (non-hydrogen) atoms. The summed E-state index contributed by atoms with van der Waals surface area (Å²) in [4.78, 5) is 27.3. The van der Waals surface area contributed by atoms with Gasteiger partial charge in [-0.25, -0.2) is 0 Å². The number of halogens is 1. The Morgan fingerprint density at radius 2 is 1.73 bits per heavy atom. The van der Waals surface area contributed by atoms with Gasteiger partial charge < -0.3 is 15.0 Å². The number of amides is 2. The van der Waals surface area contributed by atoms with Crippen molar-refractivity contribution in [3.8, 4) is 11.4 Å². The summed E-state index contributed by atoms with van der Waals surface area (Å²) in [7, 11) is 0. The first kappa shape index (κ1) is 24.9. The van der Waals surface area contributed by atoms with Gasteiger partial charge in [0.25, 0.3) is 5.91 Å². The van der Waals surface area contributed by atoms with E-state index in [1.54, 1.807) is 24.3 Å². The van der Waals surface area contributed by atoms with Crippen molar-refractivity contribution in [2.45, 2.75) is 18.1 Å². The zero-order chi connectivity index (χ0) is 25.6. The van der Waals surface area contributed by atoms with E-state index in [4.69, 9.17) is 16.3 Å². The minimum absolute atomic E-state index is 0.0202. The monoisotopic (exact) mass is 533 g/mol. The number of nitrogens with zero attached hydrogens (tertiary/aromatic N) is 4. The highest BCUT2D eigenvalue weighted by atomic mass is 35.5. The topological polar surface area (TPSA) is 89.3 Å². The fraction of sp³-hybridized carbons (Fsp3) is 0.185. The fourth-order valence-corrected chi connectivity index (χ4v) is 5.03. The van der Waals surface area contributed by atoms with E-state index in [0.717, 1.165) is 17.8 Å². The number of carbonyl (C=O) groups is 2. The molecule has 0 saturated heterocycles. The molecule has 10 heteroatoms. The lowest BCUT2D eigenvalue weighted by Gasteiger charge is -2.17. The molecule has 188 valence electrons. The molecule has 3 aromatic carbocycles. The molecule has 2 heterocycles. The van der Waals surface area contributed by atoms with E-state index in [9.17, 15) is 9.59 Å². The molecule has 0 aliphatic carbocycles. The summed E-state index contributed by atoms with van der Waals surface area (Å²) in [6.45, 7) is 0.687. The van der Waals surface area contributed by atoms with Gasteiger partial charge in [0.1, 0.15) is 5.75 Å². The predicted molar refractivity (Wildman–Crippen MR) is 143 cm³/mol. The molecule has 0 bridgehead atoms. The van der Waals surface area contributed by atoms with Crippen molar-refractivity contribution in [1.29, 1.82) is 0 Å². The van der Waals surface area contributed by atoms with Crippen LogP contribution in [0.1, 0.15) is 11.4 Å². The van der Waals surface area contributed by atoms with Crippen molar-refractivity contribution in [2.75, 3.05) is 23.8 Å². The van der Waals surface area contributed by atoms with Crippen molar-refractivity contribution in [3.63, 3.8) is 0 Å². The average molecular weight is 534 g/mol. The Morgan fingerprint density at radius 3 is 2.54 bits per heavy atom. The number of hydrogen-bond donors (Lipinski definition) is 1. The maximum Gasteiger partial charge on any atom is 0.258 e. The van der Waals surface area contributed by atoms with E-state index in [1.165, 1.54) is 17.3 Å². The maximum absolute atomic E-state index is 13.0. The van der Waals surface area contributed by atoms with Gasteiger partial charge in [-0.1, -0.05) is 59.8 Å². The lowest BCUT2D eigenvalue weighted by Crippen LogP contribution is -2.30. The smallest absolute Gasteiger partial charge is 0.258 e. The molecule has 0 spiro atoms. The highest BCUT2D eigenvalue weighted by Gasteiger charge is 2.25. The van der Waals surface area contributed by atoms with Crippen molar-refractivity contribution < 1.29 is 14.3 Å². The Bertz CT molecular complexity index is 1390. The fourth-order valence-electron chi connectivity index (χ4n) is 4.05. The molecule has 2 amide bonds. The molecule has 1 aliphatic rings. The van der Waals surface area contributed by atoms with Gasteiger partial charge in [0.15, 0.2) is 17.6 Å². The molecule has 0 radical (unpaired) electrons. The van der Waals surface area contributed by atoms with Crippen LogP contribution in [0.3, 0.4) is 0 Å². The molecule has 0 unspecified atom stereocenters. The third-order valence-corrected chi connectivity index (χ3v) is 7.02. The second-order valence-corrected chi connectivity index (χ2v) is 9.68. The first-order valence-electron chi connectivity index (χ1n) is 11.7. The lowest BCUT2D eigenvalue weighted by molar-refractivity contribution is -0.123. The van der Waals surface area contributed by atoms with E-state index >= 15 is 0 Å². The first-order valence-corrected chi connectivity index (χ1v) is 13.1. The molecule has 8 nitrogen and oxygen atoms in total. The minimum Gasteiger partial charge on any atom is -0.484 e. The normalized spacial score (nSPS) is 12.3. The van der Waals surface area contributed by atoms with Gasteiger partial charge in [0.2, 0.25) is 5.91 Å². The van der Waals surface area contributed by atoms with Gasteiger partial charge >= 0.3 is 0 Å². The highest BCUT2D eigenvalue weighted by molar-refractivity contribution is 7.99. The van der Waals surface area contributed by atoms with E-state index in [1.807, 2.05) is 58.0 Å². The molecular weight excluding hydrogens is 510 g/mol. The Labute approximate surface area is 223 Å². The zero-order valence-electron chi connectivity index (χ0n) is 19.8. The predicted octanol–water partition coefficient (Wildman–Crippen LogP) is 4.30. The van der Waals surface area contributed by atoms with Crippen molar-refractivity contribution in [2.24, 2.45) is 0 Å². The summed E-state index contributed by atoms with van der Waals surface area (Å²) in [6.07, 6.45) is 0.859. The summed E-state index contributed by atoms with van der Waals surface area (Å²) in [6, 6.07) is 24.4. The summed E-state index contributed by atoms with van der Waals surface area (Å²) in [5.41, 5.74) is 3.00. The van der Waals surface area contributed by atoms with Crippen LogP contribution in [-0.2, 0) is 22.6 Å². The van der Waals surface area contributed by atoms with Gasteiger partial charge in [-0.2, -0.15) is 0 Å². The van der Waals surface area contributed by atoms with Crippen LogP contribution in [0.15, 0.2) is 84.0 Å². The molecule has 0 atom stereocenters. The second-order valence-electron chi connectivity index (χ2n) is 8.30. The SMILES string of the molecule is O=C(COc1ccc(Cl)cc1)NCc1nnc(SCC(=O)N2CCc3ccccc32)n1-c1ccccc1. The average Bonchev–Trinajstić information content (AvgIpc) is 3.55. The number of rotatable bonds is 9. The molecular formula is C27H24ClN5O3S. The second kappa shape index (κ2) is 11.5. The summed E-state index contributed by atoms with van der Waals surface area (Å²) < 4.78 is 7.37. The molecule has 1 aliphatic heterocycles. The number of hydrogen-bond acceptors (Lipinski definition) is 6. The largest absolute Gasteiger partial charge is 0.484 e. The quantitative estimate of drug-likeness (QED) is 0.323. The van der Waals surface area contributed by atoms with E-state index in [2.05, 4.69) is 21.6 Å². The Hall–Kier alpha value is -3.82. The van der Waals surface area contributed by atoms with E-state index in [-0.39, 0.29) is 30.7 Å². The summed E-state index contributed by atoms with van der Waals surface area (Å²) in [5.74, 6) is 1.05. The number of aromatic nitrogens is 3. The highest BCUT2D eigenvalue weighted by Crippen LogP contribution is 2.29. The Balaban J connectivity index is 1.24. The third kappa shape index (κ3) is 5.95. The zero-order valence-corrected chi connectivity index (χ0v) is 21.4. The Morgan fingerprint density at radius 1 is 0.973 bits per heavy atom. The van der Waals surface area contributed by atoms with Crippen LogP contribution in [0, 0.1) is 0 Å². The van der Waals surface area contributed by atoms with Crippen LogP contribution in [0.4, 0.5) is 5.69 Å². The molecule has 0 saturated carbocycles. The molecule has 1 aromatic heterocycles. The minimum atomic E-state index is -0.297. The van der Waals surface area contributed by atoms with Crippen LogP contribution in [0.5, 0.6) is 5.75 Å². The van der Waals surface area contributed by atoms with Crippen LogP contribution < -0.4 is 15.0 Å². The van der Waals surface area contributed by atoms with Gasteiger partial charge in [-0.15, -0.1) is 10.2 Å². The van der Waals surface area contributed by atoms with Crippen LogP contribution in [0.2, 0.25) is 5.02 Å². The van der Waals surface area contributed by atoms with Gasteiger partial charge in [-0.05, 0) is 54.4 Å². The van der Waals surface area contributed by atoms with Gasteiger partial charge in [-0.3, -0.25) is 14.2 Å². The third-order valence-electron chi connectivity index (χ3n) is 5.85. The van der Waals surface area contributed by atoms with Crippen molar-refractivity contribution >= 4 is 40.9 Å². The number of fused-ring (bicyclic) bond motifs is 1. The van der Waals surface area contributed by atoms with Crippen LogP contribution in [-0.4, -0.2) is 45.5 Å². The standard InChI is InChI=1S/C27H24ClN5O3S/c28-20-10-12-22(13-11-20)36-17-25(34)29-16-24-30-31-27(33(24)21-7-2-1-3-8-21)37-18-26(35)32-15-14-19-6-4-5-9-23(19)32/h1-13H,14-18H2,(H,29,34). The van der Waals surface area contributed by atoms with E-state index < -0.39 is 0 Å². The molecule has 4 aromatic rings. The molecule has 0 fully saturated rings. The first-order chi connectivity index (χ1) is 18.1. The maximum atomic E-state index is 13.0. The molecule has 5 rings (SSSR count).